The highest BCUT2D eigenvalue weighted by atomic mass is 19.4. The average Bonchev–Trinajstić information content (AvgIpc) is 2.76. The fourth-order valence-corrected chi connectivity index (χ4v) is 2.98. The SMILES string of the molecule is CN(CCc1ccccc1)c1nc(C(=O)NCC(F)(F)F)cc(N2CCOCC2)n1. The lowest BCUT2D eigenvalue weighted by Gasteiger charge is -2.29. The lowest BCUT2D eigenvalue weighted by atomic mass is 10.1. The summed E-state index contributed by atoms with van der Waals surface area (Å²) in [5.74, 6) is -0.110. The number of hydrogen-bond acceptors (Lipinski definition) is 6. The molecule has 10 heteroatoms. The number of amides is 1. The molecule has 0 unspecified atom stereocenters. The van der Waals surface area contributed by atoms with E-state index in [1.807, 2.05) is 40.5 Å². The van der Waals surface area contributed by atoms with E-state index in [2.05, 4.69) is 9.97 Å². The Morgan fingerprint density at radius 3 is 2.57 bits per heavy atom. The van der Waals surface area contributed by atoms with Crippen molar-refractivity contribution in [1.29, 1.82) is 0 Å². The summed E-state index contributed by atoms with van der Waals surface area (Å²) in [6.45, 7) is 1.35. The molecule has 1 aliphatic heterocycles. The Bertz CT molecular complexity index is 842. The number of anilines is 2. The van der Waals surface area contributed by atoms with Gasteiger partial charge in [0, 0.05) is 32.7 Å². The number of likely N-dealkylation sites (N-methyl/N-ethyl adjacent to an activating group) is 1. The first-order valence-electron chi connectivity index (χ1n) is 9.63. The Morgan fingerprint density at radius 2 is 1.90 bits per heavy atom. The minimum absolute atomic E-state index is 0.0997. The number of hydrogen-bond donors (Lipinski definition) is 1. The highest BCUT2D eigenvalue weighted by molar-refractivity contribution is 5.93. The Labute approximate surface area is 172 Å². The Balaban J connectivity index is 1.80. The Hall–Kier alpha value is -2.88. The zero-order valence-electron chi connectivity index (χ0n) is 16.7. The lowest BCUT2D eigenvalue weighted by molar-refractivity contribution is -0.123. The smallest absolute Gasteiger partial charge is 0.378 e. The monoisotopic (exact) mass is 423 g/mol. The van der Waals surface area contributed by atoms with Gasteiger partial charge in [0.1, 0.15) is 18.1 Å². The second kappa shape index (κ2) is 9.75. The maximum absolute atomic E-state index is 12.5. The predicted molar refractivity (Wildman–Crippen MR) is 107 cm³/mol. The Morgan fingerprint density at radius 1 is 1.20 bits per heavy atom. The first-order chi connectivity index (χ1) is 14.3. The van der Waals surface area contributed by atoms with Crippen molar-refractivity contribution in [3.8, 4) is 0 Å². The van der Waals surface area contributed by atoms with Crippen molar-refractivity contribution in [2.45, 2.75) is 12.6 Å². The van der Waals surface area contributed by atoms with Crippen LogP contribution in [0.25, 0.3) is 0 Å². The number of aromatic nitrogens is 2. The molecule has 1 aromatic heterocycles. The zero-order valence-corrected chi connectivity index (χ0v) is 16.7. The van der Waals surface area contributed by atoms with Crippen molar-refractivity contribution in [2.75, 3.05) is 56.2 Å². The number of carbonyl (C=O) groups is 1. The van der Waals surface area contributed by atoms with Crippen LogP contribution in [0.1, 0.15) is 16.1 Å². The number of carbonyl (C=O) groups excluding carboxylic acids is 1. The summed E-state index contributed by atoms with van der Waals surface area (Å²) in [7, 11) is 1.79. The number of rotatable bonds is 7. The number of nitrogens with one attached hydrogen (secondary N) is 1. The molecule has 2 aromatic rings. The number of halogens is 3. The molecular weight excluding hydrogens is 399 g/mol. The van der Waals surface area contributed by atoms with Crippen LogP contribution in [0.5, 0.6) is 0 Å². The minimum atomic E-state index is -4.50. The van der Waals surface area contributed by atoms with E-state index in [4.69, 9.17) is 4.74 Å². The van der Waals surface area contributed by atoms with Crippen molar-refractivity contribution in [2.24, 2.45) is 0 Å². The van der Waals surface area contributed by atoms with Gasteiger partial charge in [-0.2, -0.15) is 18.2 Å². The van der Waals surface area contributed by atoms with Crippen LogP contribution in [0.2, 0.25) is 0 Å². The van der Waals surface area contributed by atoms with Gasteiger partial charge in [-0.05, 0) is 12.0 Å². The largest absolute Gasteiger partial charge is 0.405 e. The summed E-state index contributed by atoms with van der Waals surface area (Å²) >= 11 is 0. The molecule has 0 bridgehead atoms. The Kier molecular flexibility index (Phi) is 7.09. The molecule has 0 aliphatic carbocycles. The zero-order chi connectivity index (χ0) is 21.6. The van der Waals surface area contributed by atoms with E-state index in [0.29, 0.717) is 38.7 Å². The van der Waals surface area contributed by atoms with Crippen molar-refractivity contribution < 1.29 is 22.7 Å². The van der Waals surface area contributed by atoms with Gasteiger partial charge >= 0.3 is 6.18 Å². The van der Waals surface area contributed by atoms with Gasteiger partial charge in [-0.15, -0.1) is 0 Å². The lowest BCUT2D eigenvalue weighted by Crippen LogP contribution is -2.38. The van der Waals surface area contributed by atoms with Crippen LogP contribution in [0.3, 0.4) is 0 Å². The summed E-state index contributed by atoms with van der Waals surface area (Å²) < 4.78 is 42.8. The molecule has 0 radical (unpaired) electrons. The van der Waals surface area contributed by atoms with Crippen LogP contribution < -0.4 is 15.1 Å². The van der Waals surface area contributed by atoms with Gasteiger partial charge in [0.25, 0.3) is 5.91 Å². The normalized spacial score (nSPS) is 14.5. The molecule has 0 spiro atoms. The maximum Gasteiger partial charge on any atom is 0.405 e. The van der Waals surface area contributed by atoms with Crippen LogP contribution in [-0.4, -0.2) is 68.5 Å². The van der Waals surface area contributed by atoms with Gasteiger partial charge in [0.2, 0.25) is 5.95 Å². The average molecular weight is 423 g/mol. The highest BCUT2D eigenvalue weighted by Crippen LogP contribution is 2.19. The van der Waals surface area contributed by atoms with Gasteiger partial charge < -0.3 is 19.9 Å². The molecule has 1 aromatic carbocycles. The van der Waals surface area contributed by atoms with Gasteiger partial charge in [-0.3, -0.25) is 4.79 Å². The van der Waals surface area contributed by atoms with Crippen LogP contribution >= 0.6 is 0 Å². The van der Waals surface area contributed by atoms with Crippen molar-refractivity contribution in [1.82, 2.24) is 15.3 Å². The number of benzene rings is 1. The molecule has 1 saturated heterocycles. The molecule has 0 atom stereocenters. The molecule has 0 saturated carbocycles. The summed E-state index contributed by atoms with van der Waals surface area (Å²) in [6.07, 6.45) is -3.76. The van der Waals surface area contributed by atoms with E-state index >= 15 is 0 Å². The topological polar surface area (TPSA) is 70.6 Å². The van der Waals surface area contributed by atoms with Crippen LogP contribution in [-0.2, 0) is 11.2 Å². The molecule has 1 aliphatic rings. The standard InChI is InChI=1S/C20H24F3N5O2/c1-27(8-7-15-5-3-2-4-6-15)19-25-16(18(29)24-14-20(21,22)23)13-17(26-19)28-9-11-30-12-10-28/h2-6,13H,7-12,14H2,1H3,(H,24,29). The minimum Gasteiger partial charge on any atom is -0.378 e. The third-order valence-electron chi connectivity index (χ3n) is 4.64. The molecule has 30 heavy (non-hydrogen) atoms. The van der Waals surface area contributed by atoms with Crippen molar-refractivity contribution in [3.05, 3.63) is 47.7 Å². The van der Waals surface area contributed by atoms with E-state index in [9.17, 15) is 18.0 Å². The summed E-state index contributed by atoms with van der Waals surface area (Å²) in [5.41, 5.74) is 1.04. The third-order valence-corrected chi connectivity index (χ3v) is 4.64. The first-order valence-corrected chi connectivity index (χ1v) is 9.63. The third kappa shape index (κ3) is 6.31. The molecular formula is C20H24F3N5O2. The number of morpholine rings is 1. The first kappa shape index (κ1) is 21.8. The highest BCUT2D eigenvalue weighted by Gasteiger charge is 2.28. The second-order valence-corrected chi connectivity index (χ2v) is 6.97. The van der Waals surface area contributed by atoms with E-state index < -0.39 is 18.6 Å². The van der Waals surface area contributed by atoms with Gasteiger partial charge in [0.15, 0.2) is 0 Å². The number of ether oxygens (including phenoxy) is 1. The van der Waals surface area contributed by atoms with E-state index in [1.165, 1.54) is 6.07 Å². The van der Waals surface area contributed by atoms with Crippen LogP contribution in [0, 0.1) is 0 Å². The molecule has 3 rings (SSSR count). The summed E-state index contributed by atoms with van der Waals surface area (Å²) in [6, 6.07) is 11.3. The fourth-order valence-electron chi connectivity index (χ4n) is 2.98. The van der Waals surface area contributed by atoms with E-state index in [-0.39, 0.29) is 11.6 Å². The molecule has 1 N–H and O–H groups in total. The molecule has 1 amide bonds. The maximum atomic E-state index is 12.5. The second-order valence-electron chi connectivity index (χ2n) is 6.97. The fraction of sp³-hybridized carbons (Fsp3) is 0.450. The van der Waals surface area contributed by atoms with Crippen molar-refractivity contribution in [3.63, 3.8) is 0 Å². The number of nitrogens with zero attached hydrogens (tertiary/aromatic N) is 4. The van der Waals surface area contributed by atoms with E-state index in [0.717, 1.165) is 12.0 Å². The van der Waals surface area contributed by atoms with Gasteiger partial charge in [0.05, 0.1) is 13.2 Å². The molecule has 162 valence electrons. The quantitative estimate of drug-likeness (QED) is 0.737. The molecule has 2 heterocycles. The van der Waals surface area contributed by atoms with Crippen LogP contribution in [0.4, 0.5) is 24.9 Å². The van der Waals surface area contributed by atoms with Crippen molar-refractivity contribution >= 4 is 17.7 Å². The summed E-state index contributed by atoms with van der Waals surface area (Å²) in [5, 5.41) is 1.88. The summed E-state index contributed by atoms with van der Waals surface area (Å²) in [4.78, 5) is 24.8. The van der Waals surface area contributed by atoms with Crippen LogP contribution in [0.15, 0.2) is 36.4 Å². The predicted octanol–water partition coefficient (Wildman–Crippen LogP) is 2.28. The number of alkyl halides is 3. The van der Waals surface area contributed by atoms with Gasteiger partial charge in [-0.1, -0.05) is 30.3 Å². The molecule has 7 nitrogen and oxygen atoms in total. The van der Waals surface area contributed by atoms with E-state index in [1.54, 1.807) is 11.9 Å². The van der Waals surface area contributed by atoms with Gasteiger partial charge in [-0.25, -0.2) is 4.98 Å². The molecule has 1 fully saturated rings.